The van der Waals surface area contributed by atoms with Crippen LogP contribution in [0.1, 0.15) is 38.9 Å². The lowest BCUT2D eigenvalue weighted by Crippen LogP contribution is -2.25. The molecule has 0 atom stereocenters. The number of hydrogen-bond donors (Lipinski definition) is 1. The average molecular weight is 360 g/mol. The van der Waals surface area contributed by atoms with E-state index in [1.807, 2.05) is 31.2 Å². The number of anilines is 1. The molecule has 3 aromatic rings. The van der Waals surface area contributed by atoms with Crippen molar-refractivity contribution in [1.29, 1.82) is 0 Å². The Bertz CT molecular complexity index is 1000. The molecular formula is C22H20N2O3. The number of hydrogen-bond acceptors (Lipinski definition) is 3. The van der Waals surface area contributed by atoms with E-state index in [4.69, 9.17) is 0 Å². The third-order valence-electron chi connectivity index (χ3n) is 4.27. The molecule has 0 saturated heterocycles. The Morgan fingerprint density at radius 1 is 0.963 bits per heavy atom. The van der Waals surface area contributed by atoms with Crippen molar-refractivity contribution in [3.63, 3.8) is 0 Å². The van der Waals surface area contributed by atoms with E-state index >= 15 is 0 Å². The summed E-state index contributed by atoms with van der Waals surface area (Å²) in [5, 5.41) is 2.57. The van der Waals surface area contributed by atoms with Crippen LogP contribution < -0.4 is 5.32 Å². The monoisotopic (exact) mass is 360 g/mol. The average Bonchev–Trinajstić information content (AvgIpc) is 3.11. The molecule has 0 fully saturated rings. The number of aryl methyl sites for hydroxylation is 1. The van der Waals surface area contributed by atoms with E-state index in [9.17, 15) is 14.4 Å². The predicted molar refractivity (Wildman–Crippen MR) is 104 cm³/mol. The molecule has 5 nitrogen and oxygen atoms in total. The second-order valence-electron chi connectivity index (χ2n) is 6.43. The van der Waals surface area contributed by atoms with E-state index in [1.165, 1.54) is 6.92 Å². The van der Waals surface area contributed by atoms with Crippen molar-refractivity contribution in [3.8, 4) is 0 Å². The van der Waals surface area contributed by atoms with Crippen molar-refractivity contribution in [1.82, 2.24) is 4.57 Å². The summed E-state index contributed by atoms with van der Waals surface area (Å²) in [7, 11) is 0. The summed E-state index contributed by atoms with van der Waals surface area (Å²) in [6, 6.07) is 17.9. The van der Waals surface area contributed by atoms with Gasteiger partial charge in [-0.25, -0.2) is 0 Å². The van der Waals surface area contributed by atoms with Crippen LogP contribution in [0.2, 0.25) is 0 Å². The van der Waals surface area contributed by atoms with Crippen LogP contribution in [-0.4, -0.2) is 22.0 Å². The molecule has 0 bridgehead atoms. The SMILES string of the molecule is CC(=O)c1cccc(NC(=O)C(=O)c2cccn2Cc2ccc(C)cc2)c1. The Morgan fingerprint density at radius 3 is 2.41 bits per heavy atom. The van der Waals surface area contributed by atoms with Gasteiger partial charge in [-0.3, -0.25) is 14.4 Å². The maximum Gasteiger partial charge on any atom is 0.298 e. The molecule has 0 radical (unpaired) electrons. The number of nitrogens with zero attached hydrogens (tertiary/aromatic N) is 1. The normalized spacial score (nSPS) is 10.4. The topological polar surface area (TPSA) is 68.2 Å². The highest BCUT2D eigenvalue weighted by molar-refractivity contribution is 6.46. The van der Waals surface area contributed by atoms with E-state index in [0.717, 1.165) is 11.1 Å². The van der Waals surface area contributed by atoms with E-state index < -0.39 is 11.7 Å². The van der Waals surface area contributed by atoms with Gasteiger partial charge in [-0.1, -0.05) is 42.0 Å². The van der Waals surface area contributed by atoms with Crippen LogP contribution in [0.3, 0.4) is 0 Å². The maximum atomic E-state index is 12.6. The molecule has 1 heterocycles. The molecule has 2 aromatic carbocycles. The minimum absolute atomic E-state index is 0.107. The van der Waals surface area contributed by atoms with Crippen molar-refractivity contribution in [2.24, 2.45) is 0 Å². The van der Waals surface area contributed by atoms with Gasteiger partial charge in [0.05, 0.1) is 5.69 Å². The fourth-order valence-electron chi connectivity index (χ4n) is 2.77. The van der Waals surface area contributed by atoms with Crippen LogP contribution >= 0.6 is 0 Å². The van der Waals surface area contributed by atoms with Gasteiger partial charge in [0.1, 0.15) is 0 Å². The number of aromatic nitrogens is 1. The Labute approximate surface area is 157 Å². The van der Waals surface area contributed by atoms with Crippen LogP contribution in [0.15, 0.2) is 66.9 Å². The van der Waals surface area contributed by atoms with Crippen LogP contribution in [0.25, 0.3) is 0 Å². The Balaban J connectivity index is 1.75. The summed E-state index contributed by atoms with van der Waals surface area (Å²) >= 11 is 0. The van der Waals surface area contributed by atoms with Crippen molar-refractivity contribution in [3.05, 3.63) is 89.2 Å². The molecule has 5 heteroatoms. The highest BCUT2D eigenvalue weighted by atomic mass is 16.2. The van der Waals surface area contributed by atoms with Crippen molar-refractivity contribution < 1.29 is 14.4 Å². The number of Topliss-reactive ketones (excluding diaryl/α,β-unsaturated/α-hetero) is 2. The summed E-state index contributed by atoms with van der Waals surface area (Å²) in [5.74, 6) is -1.47. The zero-order chi connectivity index (χ0) is 19.4. The van der Waals surface area contributed by atoms with Gasteiger partial charge >= 0.3 is 0 Å². The summed E-state index contributed by atoms with van der Waals surface area (Å²) < 4.78 is 1.75. The zero-order valence-corrected chi connectivity index (χ0v) is 15.2. The summed E-state index contributed by atoms with van der Waals surface area (Å²) in [5.41, 5.74) is 3.41. The van der Waals surface area contributed by atoms with Crippen LogP contribution in [0, 0.1) is 6.92 Å². The van der Waals surface area contributed by atoms with Gasteiger partial charge in [0.2, 0.25) is 0 Å². The number of ketones is 2. The first-order valence-corrected chi connectivity index (χ1v) is 8.61. The lowest BCUT2D eigenvalue weighted by Gasteiger charge is -2.10. The van der Waals surface area contributed by atoms with Gasteiger partial charge in [-0.15, -0.1) is 0 Å². The van der Waals surface area contributed by atoms with E-state index in [0.29, 0.717) is 23.5 Å². The van der Waals surface area contributed by atoms with Crippen molar-refractivity contribution in [2.45, 2.75) is 20.4 Å². The quantitative estimate of drug-likeness (QED) is 0.536. The van der Waals surface area contributed by atoms with Crippen molar-refractivity contribution >= 4 is 23.2 Å². The van der Waals surface area contributed by atoms with E-state index in [2.05, 4.69) is 5.32 Å². The van der Waals surface area contributed by atoms with Gasteiger partial charge in [0.25, 0.3) is 11.7 Å². The zero-order valence-electron chi connectivity index (χ0n) is 15.2. The third kappa shape index (κ3) is 4.39. The molecule has 27 heavy (non-hydrogen) atoms. The Kier molecular flexibility index (Phi) is 5.31. The Hall–Kier alpha value is -3.47. The molecule has 0 saturated carbocycles. The number of carbonyl (C=O) groups is 3. The Morgan fingerprint density at radius 2 is 1.70 bits per heavy atom. The summed E-state index contributed by atoms with van der Waals surface area (Å²) in [6.07, 6.45) is 1.77. The molecule has 1 amide bonds. The number of rotatable bonds is 6. The maximum absolute atomic E-state index is 12.6. The first kappa shape index (κ1) is 18.3. The second kappa shape index (κ2) is 7.83. The van der Waals surface area contributed by atoms with Crippen molar-refractivity contribution in [2.75, 3.05) is 5.32 Å². The molecule has 0 aliphatic carbocycles. The molecular weight excluding hydrogens is 340 g/mol. The minimum atomic E-state index is -0.737. The van der Waals surface area contributed by atoms with Gasteiger partial charge in [-0.2, -0.15) is 0 Å². The lowest BCUT2D eigenvalue weighted by molar-refractivity contribution is -0.112. The smallest absolute Gasteiger partial charge is 0.298 e. The van der Waals surface area contributed by atoms with Crippen LogP contribution in [-0.2, 0) is 11.3 Å². The van der Waals surface area contributed by atoms with E-state index in [-0.39, 0.29) is 5.78 Å². The van der Waals surface area contributed by atoms with Gasteiger partial charge < -0.3 is 9.88 Å². The van der Waals surface area contributed by atoms with Gasteiger partial charge in [0.15, 0.2) is 5.78 Å². The van der Waals surface area contributed by atoms with Crippen LogP contribution in [0.5, 0.6) is 0 Å². The van der Waals surface area contributed by atoms with E-state index in [1.54, 1.807) is 47.2 Å². The number of carbonyl (C=O) groups excluding carboxylic acids is 3. The standard InChI is InChI=1S/C22H20N2O3/c1-15-8-10-17(11-9-15)14-24-12-4-7-20(24)21(26)22(27)23-19-6-3-5-18(13-19)16(2)25/h3-13H,14H2,1-2H3,(H,23,27). The first-order chi connectivity index (χ1) is 12.9. The summed E-state index contributed by atoms with van der Waals surface area (Å²) in [4.78, 5) is 36.4. The lowest BCUT2D eigenvalue weighted by atomic mass is 10.1. The molecule has 3 rings (SSSR count). The van der Waals surface area contributed by atoms with Crippen LogP contribution in [0.4, 0.5) is 5.69 Å². The third-order valence-corrected chi connectivity index (χ3v) is 4.27. The molecule has 0 aliphatic heterocycles. The first-order valence-electron chi connectivity index (χ1n) is 8.61. The molecule has 0 spiro atoms. The number of amides is 1. The summed E-state index contributed by atoms with van der Waals surface area (Å²) in [6.45, 7) is 3.96. The highest BCUT2D eigenvalue weighted by Crippen LogP contribution is 2.14. The molecule has 0 unspecified atom stereocenters. The fourth-order valence-corrected chi connectivity index (χ4v) is 2.77. The fraction of sp³-hybridized carbons (Fsp3) is 0.136. The minimum Gasteiger partial charge on any atom is -0.340 e. The molecule has 1 aromatic heterocycles. The molecule has 136 valence electrons. The van der Waals surface area contributed by atoms with Gasteiger partial charge in [-0.05, 0) is 43.7 Å². The second-order valence-corrected chi connectivity index (χ2v) is 6.43. The molecule has 1 N–H and O–H groups in total. The number of nitrogens with one attached hydrogen (secondary N) is 1. The largest absolute Gasteiger partial charge is 0.340 e. The number of benzene rings is 2. The predicted octanol–water partition coefficient (Wildman–Crippen LogP) is 3.87. The van der Waals surface area contributed by atoms with Gasteiger partial charge in [0, 0.05) is 24.0 Å². The molecule has 0 aliphatic rings. The highest BCUT2D eigenvalue weighted by Gasteiger charge is 2.20.